The highest BCUT2D eigenvalue weighted by Crippen LogP contribution is 2.29. The smallest absolute Gasteiger partial charge is 0.248 e. The van der Waals surface area contributed by atoms with Gasteiger partial charge in [0.05, 0.1) is 5.69 Å². The maximum Gasteiger partial charge on any atom is 0.248 e. The number of carbonyl (C=O) groups excluding carboxylic acids is 1. The van der Waals surface area contributed by atoms with Gasteiger partial charge < -0.3 is 10.3 Å². The van der Waals surface area contributed by atoms with Crippen LogP contribution in [0.2, 0.25) is 0 Å². The molecule has 0 saturated carbocycles. The molecular formula is C22H19N3O. The number of benzene rings is 3. The topological polar surface area (TPSA) is 60.4 Å². The Bertz CT molecular complexity index is 1140. The lowest BCUT2D eigenvalue weighted by atomic mass is 10.1. The minimum absolute atomic E-state index is 0.432. The van der Waals surface area contributed by atoms with E-state index in [1.165, 1.54) is 21.8 Å². The Morgan fingerprint density at radius 2 is 1.73 bits per heavy atom. The van der Waals surface area contributed by atoms with E-state index in [1.807, 2.05) is 6.21 Å². The van der Waals surface area contributed by atoms with Gasteiger partial charge in [-0.05, 0) is 55.0 Å². The van der Waals surface area contributed by atoms with Gasteiger partial charge in [0.2, 0.25) is 5.91 Å². The Hall–Kier alpha value is -3.40. The first kappa shape index (κ1) is 16.1. The number of nitrogens with two attached hydrogens (primary N) is 1. The minimum atomic E-state index is -0.432. The minimum Gasteiger partial charge on any atom is -0.366 e. The summed E-state index contributed by atoms with van der Waals surface area (Å²) in [5, 5.41) is 2.49. The van der Waals surface area contributed by atoms with Crippen molar-refractivity contribution in [2.45, 2.75) is 13.5 Å². The predicted molar refractivity (Wildman–Crippen MR) is 107 cm³/mol. The maximum absolute atomic E-state index is 11.1. The van der Waals surface area contributed by atoms with E-state index >= 15 is 0 Å². The third-order valence-electron chi connectivity index (χ3n) is 4.63. The molecule has 0 unspecified atom stereocenters. The van der Waals surface area contributed by atoms with Crippen LogP contribution in [0.4, 0.5) is 5.69 Å². The van der Waals surface area contributed by atoms with Crippen LogP contribution in [-0.2, 0) is 6.54 Å². The number of aliphatic imine (C=N–C) groups is 1. The number of fused-ring (bicyclic) bond motifs is 3. The number of carbonyl (C=O) groups is 1. The number of para-hydroxylation sites is 1. The number of hydrogen-bond acceptors (Lipinski definition) is 2. The molecule has 1 amide bonds. The average molecular weight is 341 g/mol. The van der Waals surface area contributed by atoms with E-state index in [4.69, 9.17) is 5.73 Å². The molecule has 3 aromatic carbocycles. The van der Waals surface area contributed by atoms with Gasteiger partial charge in [-0.15, -0.1) is 0 Å². The summed E-state index contributed by atoms with van der Waals surface area (Å²) in [5.74, 6) is -0.432. The van der Waals surface area contributed by atoms with E-state index < -0.39 is 5.91 Å². The highest BCUT2D eigenvalue weighted by molar-refractivity contribution is 6.09. The van der Waals surface area contributed by atoms with Crippen molar-refractivity contribution in [1.29, 1.82) is 0 Å². The number of nitrogens with zero attached hydrogens (tertiary/aromatic N) is 2. The molecule has 0 spiro atoms. The molecule has 0 fully saturated rings. The normalized spacial score (nSPS) is 11.6. The number of rotatable bonds is 4. The molecule has 128 valence electrons. The van der Waals surface area contributed by atoms with Crippen LogP contribution < -0.4 is 5.73 Å². The van der Waals surface area contributed by atoms with Gasteiger partial charge in [-0.3, -0.25) is 9.79 Å². The second-order valence-corrected chi connectivity index (χ2v) is 6.21. The van der Waals surface area contributed by atoms with Crippen LogP contribution in [0, 0.1) is 0 Å². The summed E-state index contributed by atoms with van der Waals surface area (Å²) in [5.41, 5.74) is 10.1. The lowest BCUT2D eigenvalue weighted by Crippen LogP contribution is -2.10. The summed E-state index contributed by atoms with van der Waals surface area (Å²) in [4.78, 5) is 15.6. The quantitative estimate of drug-likeness (QED) is 0.539. The highest BCUT2D eigenvalue weighted by atomic mass is 16.1. The lowest BCUT2D eigenvalue weighted by molar-refractivity contribution is 0.100. The van der Waals surface area contributed by atoms with E-state index in [0.29, 0.717) is 5.56 Å². The van der Waals surface area contributed by atoms with Gasteiger partial charge in [-0.25, -0.2) is 0 Å². The van der Waals surface area contributed by atoms with Crippen LogP contribution in [0.25, 0.3) is 21.8 Å². The molecule has 0 saturated heterocycles. The maximum atomic E-state index is 11.1. The summed E-state index contributed by atoms with van der Waals surface area (Å²) in [7, 11) is 0. The van der Waals surface area contributed by atoms with Crippen molar-refractivity contribution in [2.24, 2.45) is 10.7 Å². The molecule has 1 heterocycles. The van der Waals surface area contributed by atoms with E-state index in [-0.39, 0.29) is 0 Å². The zero-order chi connectivity index (χ0) is 18.1. The molecule has 0 bridgehead atoms. The number of primary amides is 1. The zero-order valence-corrected chi connectivity index (χ0v) is 14.5. The van der Waals surface area contributed by atoms with Crippen molar-refractivity contribution < 1.29 is 4.79 Å². The fourth-order valence-corrected chi connectivity index (χ4v) is 3.35. The third kappa shape index (κ3) is 2.75. The molecule has 4 aromatic rings. The van der Waals surface area contributed by atoms with Crippen LogP contribution in [-0.4, -0.2) is 16.7 Å². The van der Waals surface area contributed by atoms with Gasteiger partial charge in [0.25, 0.3) is 0 Å². The zero-order valence-electron chi connectivity index (χ0n) is 14.5. The largest absolute Gasteiger partial charge is 0.366 e. The Kier molecular flexibility index (Phi) is 4.01. The van der Waals surface area contributed by atoms with Gasteiger partial charge in [0.15, 0.2) is 0 Å². The fourth-order valence-electron chi connectivity index (χ4n) is 3.35. The number of hydrogen-bond donors (Lipinski definition) is 1. The van der Waals surface area contributed by atoms with Gasteiger partial charge in [-0.1, -0.05) is 24.3 Å². The molecule has 4 rings (SSSR count). The SMILES string of the molecule is CCn1c2ccccc2c2cc(/C=N/c3ccc(C(N)=O)cc3)ccc21. The van der Waals surface area contributed by atoms with Crippen LogP contribution in [0.1, 0.15) is 22.8 Å². The second kappa shape index (κ2) is 6.48. The van der Waals surface area contributed by atoms with E-state index in [2.05, 4.69) is 58.9 Å². The van der Waals surface area contributed by atoms with Crippen molar-refractivity contribution >= 4 is 39.6 Å². The van der Waals surface area contributed by atoms with Crippen molar-refractivity contribution in [1.82, 2.24) is 4.57 Å². The Balaban J connectivity index is 1.73. The fraction of sp³-hybridized carbons (Fsp3) is 0.0909. The monoisotopic (exact) mass is 341 g/mol. The summed E-state index contributed by atoms with van der Waals surface area (Å²) in [6.07, 6.45) is 1.84. The van der Waals surface area contributed by atoms with Crippen LogP contribution >= 0.6 is 0 Å². The molecule has 4 heteroatoms. The van der Waals surface area contributed by atoms with E-state index in [9.17, 15) is 4.79 Å². The van der Waals surface area contributed by atoms with Gasteiger partial charge in [-0.2, -0.15) is 0 Å². The summed E-state index contributed by atoms with van der Waals surface area (Å²) in [6.45, 7) is 3.10. The molecule has 0 radical (unpaired) electrons. The molecule has 0 aliphatic heterocycles. The molecule has 0 aliphatic carbocycles. The third-order valence-corrected chi connectivity index (χ3v) is 4.63. The molecular weight excluding hydrogens is 322 g/mol. The second-order valence-electron chi connectivity index (χ2n) is 6.21. The predicted octanol–water partition coefficient (Wildman–Crippen LogP) is 4.66. The van der Waals surface area contributed by atoms with Crippen molar-refractivity contribution in [3.8, 4) is 0 Å². The van der Waals surface area contributed by atoms with Crippen molar-refractivity contribution in [3.05, 3.63) is 77.9 Å². The number of aryl methyl sites for hydroxylation is 1. The first-order valence-electron chi connectivity index (χ1n) is 8.62. The van der Waals surface area contributed by atoms with Crippen molar-refractivity contribution in [2.75, 3.05) is 0 Å². The van der Waals surface area contributed by atoms with Crippen LogP contribution in [0.3, 0.4) is 0 Å². The van der Waals surface area contributed by atoms with Crippen LogP contribution in [0.5, 0.6) is 0 Å². The Morgan fingerprint density at radius 1 is 1.00 bits per heavy atom. The summed E-state index contributed by atoms with van der Waals surface area (Å²) < 4.78 is 2.33. The molecule has 4 nitrogen and oxygen atoms in total. The molecule has 1 aromatic heterocycles. The molecule has 26 heavy (non-hydrogen) atoms. The van der Waals surface area contributed by atoms with Gasteiger partial charge >= 0.3 is 0 Å². The Morgan fingerprint density at radius 3 is 2.46 bits per heavy atom. The highest BCUT2D eigenvalue weighted by Gasteiger charge is 2.09. The Labute approximate surface area is 151 Å². The summed E-state index contributed by atoms with van der Waals surface area (Å²) >= 11 is 0. The van der Waals surface area contributed by atoms with Gasteiger partial charge in [0.1, 0.15) is 0 Å². The molecule has 0 aliphatic rings. The average Bonchev–Trinajstić information content (AvgIpc) is 2.99. The molecule has 2 N–H and O–H groups in total. The van der Waals surface area contributed by atoms with Crippen molar-refractivity contribution in [3.63, 3.8) is 0 Å². The first-order chi connectivity index (χ1) is 12.7. The van der Waals surface area contributed by atoms with Gasteiger partial charge in [0, 0.05) is 40.1 Å². The molecule has 0 atom stereocenters. The van der Waals surface area contributed by atoms with E-state index in [0.717, 1.165) is 17.8 Å². The first-order valence-corrected chi connectivity index (χ1v) is 8.62. The lowest BCUT2D eigenvalue weighted by Gasteiger charge is -2.02. The number of aromatic nitrogens is 1. The van der Waals surface area contributed by atoms with Crippen LogP contribution in [0.15, 0.2) is 71.7 Å². The van der Waals surface area contributed by atoms with E-state index in [1.54, 1.807) is 24.3 Å². The summed E-state index contributed by atoms with van der Waals surface area (Å²) in [6, 6.07) is 21.8. The standard InChI is InChI=1S/C22H19N3O/c1-2-25-20-6-4-3-5-18(20)19-13-15(7-12-21(19)25)14-24-17-10-8-16(9-11-17)22(23)26/h3-14H,2H2,1H3,(H2,23,26)/b24-14+. The number of amides is 1.